The van der Waals surface area contributed by atoms with Gasteiger partial charge in [-0.05, 0) is 43.0 Å². The van der Waals surface area contributed by atoms with Crippen LogP contribution in [0.25, 0.3) is 0 Å². The number of hydrogen-bond acceptors (Lipinski definition) is 5. The topological polar surface area (TPSA) is 79.5 Å². The molecule has 8 heteroatoms. The van der Waals surface area contributed by atoms with Gasteiger partial charge in [0.1, 0.15) is 0 Å². The summed E-state index contributed by atoms with van der Waals surface area (Å²) >= 11 is 7.63. The zero-order valence-electron chi connectivity index (χ0n) is 15.6. The molecule has 1 aromatic heterocycles. The van der Waals surface area contributed by atoms with Crippen LogP contribution < -0.4 is 16.0 Å². The number of urea groups is 1. The second-order valence-electron chi connectivity index (χ2n) is 6.31. The lowest BCUT2D eigenvalue weighted by Crippen LogP contribution is -2.48. The molecule has 0 saturated heterocycles. The first-order valence-corrected chi connectivity index (χ1v) is 10.2. The molecular formula is C20H22ClN3O3S. The molecule has 2 aromatic rings. The summed E-state index contributed by atoms with van der Waals surface area (Å²) in [5.74, 6) is -0.462. The molecule has 0 spiro atoms. The first kappa shape index (κ1) is 20.4. The molecule has 0 aliphatic carbocycles. The van der Waals surface area contributed by atoms with Gasteiger partial charge in [-0.15, -0.1) is 11.3 Å². The van der Waals surface area contributed by atoms with Gasteiger partial charge in [0.05, 0.1) is 18.2 Å². The molecule has 0 radical (unpaired) electrons. The SMILES string of the molecule is CCOC(=O)C1=C(CNC(C)c2cccs2)NC(=O)NC1c1ccc(Cl)cc1. The highest BCUT2D eigenvalue weighted by Gasteiger charge is 2.33. The Hall–Kier alpha value is -2.35. The second-order valence-corrected chi connectivity index (χ2v) is 7.73. The van der Waals surface area contributed by atoms with E-state index in [4.69, 9.17) is 16.3 Å². The quantitative estimate of drug-likeness (QED) is 0.594. The van der Waals surface area contributed by atoms with Crippen molar-refractivity contribution in [2.24, 2.45) is 0 Å². The maximum Gasteiger partial charge on any atom is 0.338 e. The molecule has 1 aromatic carbocycles. The zero-order chi connectivity index (χ0) is 20.1. The Morgan fingerprint density at radius 2 is 2.07 bits per heavy atom. The van der Waals surface area contributed by atoms with E-state index in [2.05, 4.69) is 16.0 Å². The molecule has 3 rings (SSSR count). The lowest BCUT2D eigenvalue weighted by atomic mass is 9.95. The number of rotatable bonds is 7. The Labute approximate surface area is 172 Å². The van der Waals surface area contributed by atoms with Crippen molar-refractivity contribution < 1.29 is 14.3 Å². The highest BCUT2D eigenvalue weighted by atomic mass is 35.5. The van der Waals surface area contributed by atoms with E-state index in [0.29, 0.717) is 22.8 Å². The molecule has 2 atom stereocenters. The second kappa shape index (κ2) is 9.23. The number of hydrogen-bond donors (Lipinski definition) is 3. The lowest BCUT2D eigenvalue weighted by molar-refractivity contribution is -0.139. The van der Waals surface area contributed by atoms with Gasteiger partial charge in [0.15, 0.2) is 0 Å². The molecule has 1 aliphatic heterocycles. The van der Waals surface area contributed by atoms with Crippen LogP contribution in [0.3, 0.4) is 0 Å². The average molecular weight is 420 g/mol. The van der Waals surface area contributed by atoms with E-state index in [-0.39, 0.29) is 18.7 Å². The highest BCUT2D eigenvalue weighted by Crippen LogP contribution is 2.29. The zero-order valence-corrected chi connectivity index (χ0v) is 17.2. The van der Waals surface area contributed by atoms with Crippen LogP contribution in [0.2, 0.25) is 5.02 Å². The molecule has 148 valence electrons. The number of carbonyl (C=O) groups excluding carboxylic acids is 2. The summed E-state index contributed by atoms with van der Waals surface area (Å²) in [7, 11) is 0. The van der Waals surface area contributed by atoms with Crippen molar-refractivity contribution in [2.75, 3.05) is 13.2 Å². The number of thiophene rings is 1. The number of benzene rings is 1. The summed E-state index contributed by atoms with van der Waals surface area (Å²) < 4.78 is 5.26. The van der Waals surface area contributed by atoms with Crippen molar-refractivity contribution in [3.05, 3.63) is 68.5 Å². The van der Waals surface area contributed by atoms with E-state index in [1.165, 1.54) is 4.88 Å². The number of halogens is 1. The standard InChI is InChI=1S/C20H22ClN3O3S/c1-3-27-19(25)17-15(11-22-12(2)16-5-4-10-28-16)23-20(26)24-18(17)13-6-8-14(21)9-7-13/h4-10,12,18,22H,3,11H2,1-2H3,(H2,23,24,26). The van der Waals surface area contributed by atoms with Crippen LogP contribution >= 0.6 is 22.9 Å². The molecule has 3 N–H and O–H groups in total. The largest absolute Gasteiger partial charge is 0.463 e. The van der Waals surface area contributed by atoms with Gasteiger partial charge in [0, 0.05) is 28.2 Å². The lowest BCUT2D eigenvalue weighted by Gasteiger charge is -2.30. The Balaban J connectivity index is 1.92. The van der Waals surface area contributed by atoms with Crippen LogP contribution in [-0.4, -0.2) is 25.2 Å². The number of carbonyl (C=O) groups is 2. The molecular weight excluding hydrogens is 398 g/mol. The third-order valence-electron chi connectivity index (χ3n) is 4.41. The van der Waals surface area contributed by atoms with Gasteiger partial charge in [0.2, 0.25) is 0 Å². The minimum absolute atomic E-state index is 0.0803. The fourth-order valence-electron chi connectivity index (χ4n) is 3.01. The van der Waals surface area contributed by atoms with Crippen LogP contribution in [-0.2, 0) is 9.53 Å². The number of nitrogens with one attached hydrogen (secondary N) is 3. The smallest absolute Gasteiger partial charge is 0.338 e. The monoisotopic (exact) mass is 419 g/mol. The summed E-state index contributed by atoms with van der Waals surface area (Å²) in [4.78, 5) is 26.2. The normalized spacial score (nSPS) is 17.7. The third kappa shape index (κ3) is 4.73. The van der Waals surface area contributed by atoms with E-state index < -0.39 is 12.0 Å². The van der Waals surface area contributed by atoms with E-state index in [1.54, 1.807) is 42.5 Å². The van der Waals surface area contributed by atoms with Gasteiger partial charge in [0.25, 0.3) is 0 Å². The van der Waals surface area contributed by atoms with Gasteiger partial charge >= 0.3 is 12.0 Å². The molecule has 0 fully saturated rings. The Morgan fingerprint density at radius 3 is 2.71 bits per heavy atom. The van der Waals surface area contributed by atoms with E-state index in [9.17, 15) is 9.59 Å². The van der Waals surface area contributed by atoms with Gasteiger partial charge < -0.3 is 20.7 Å². The highest BCUT2D eigenvalue weighted by molar-refractivity contribution is 7.10. The number of ether oxygens (including phenoxy) is 1. The van der Waals surface area contributed by atoms with Crippen LogP contribution in [0.5, 0.6) is 0 Å². The molecule has 0 saturated carbocycles. The Morgan fingerprint density at radius 1 is 1.32 bits per heavy atom. The van der Waals surface area contributed by atoms with Crippen molar-refractivity contribution in [3.8, 4) is 0 Å². The van der Waals surface area contributed by atoms with Crippen molar-refractivity contribution in [2.45, 2.75) is 25.9 Å². The van der Waals surface area contributed by atoms with Crippen molar-refractivity contribution in [3.63, 3.8) is 0 Å². The summed E-state index contributed by atoms with van der Waals surface area (Å²) in [6.07, 6.45) is 0. The van der Waals surface area contributed by atoms with Crippen molar-refractivity contribution >= 4 is 34.9 Å². The third-order valence-corrected chi connectivity index (χ3v) is 5.71. The first-order valence-electron chi connectivity index (χ1n) is 8.99. The van der Waals surface area contributed by atoms with Crippen LogP contribution in [0.4, 0.5) is 4.79 Å². The Bertz CT molecular complexity index is 865. The maximum atomic E-state index is 12.7. The van der Waals surface area contributed by atoms with E-state index in [1.807, 2.05) is 24.4 Å². The summed E-state index contributed by atoms with van der Waals surface area (Å²) in [6.45, 7) is 4.36. The first-order chi connectivity index (χ1) is 13.5. The van der Waals surface area contributed by atoms with E-state index in [0.717, 1.165) is 5.56 Å². The van der Waals surface area contributed by atoms with Crippen molar-refractivity contribution in [1.82, 2.24) is 16.0 Å². The predicted octanol–water partition coefficient (Wildman–Crippen LogP) is 3.92. The average Bonchev–Trinajstić information content (AvgIpc) is 3.21. The fourth-order valence-corrected chi connectivity index (χ4v) is 3.89. The summed E-state index contributed by atoms with van der Waals surface area (Å²) in [5, 5.41) is 11.5. The van der Waals surface area contributed by atoms with Crippen LogP contribution in [0.1, 0.15) is 36.4 Å². The van der Waals surface area contributed by atoms with Gasteiger partial charge in [-0.1, -0.05) is 29.8 Å². The van der Waals surface area contributed by atoms with Gasteiger partial charge in [-0.3, -0.25) is 0 Å². The molecule has 0 bridgehead atoms. The maximum absolute atomic E-state index is 12.7. The number of esters is 1. The van der Waals surface area contributed by atoms with Crippen molar-refractivity contribution in [1.29, 1.82) is 0 Å². The fraction of sp³-hybridized carbons (Fsp3) is 0.300. The number of amides is 2. The van der Waals surface area contributed by atoms with Gasteiger partial charge in [-0.2, -0.15) is 0 Å². The van der Waals surface area contributed by atoms with Crippen LogP contribution in [0.15, 0.2) is 53.0 Å². The minimum Gasteiger partial charge on any atom is -0.463 e. The predicted molar refractivity (Wildman–Crippen MR) is 110 cm³/mol. The van der Waals surface area contributed by atoms with Crippen LogP contribution in [0, 0.1) is 0 Å². The van der Waals surface area contributed by atoms with Gasteiger partial charge in [-0.25, -0.2) is 9.59 Å². The molecule has 2 heterocycles. The minimum atomic E-state index is -0.612. The molecule has 2 unspecified atom stereocenters. The Kier molecular flexibility index (Phi) is 6.72. The summed E-state index contributed by atoms with van der Waals surface area (Å²) in [6, 6.07) is 10.2. The summed E-state index contributed by atoms with van der Waals surface area (Å²) in [5.41, 5.74) is 1.64. The molecule has 6 nitrogen and oxygen atoms in total. The molecule has 2 amide bonds. The molecule has 28 heavy (non-hydrogen) atoms. The molecule has 1 aliphatic rings. The van der Waals surface area contributed by atoms with E-state index >= 15 is 0 Å².